The number of amides is 2. The minimum absolute atomic E-state index is 0.0642. The van der Waals surface area contributed by atoms with E-state index in [1.807, 2.05) is 24.0 Å². The fourth-order valence-electron chi connectivity index (χ4n) is 5.81. The van der Waals surface area contributed by atoms with Crippen molar-refractivity contribution in [3.63, 3.8) is 0 Å². The maximum Gasteiger partial charge on any atom is 0.246 e. The summed E-state index contributed by atoms with van der Waals surface area (Å²) in [6.45, 7) is 5.02. The molecular weight excluding hydrogens is 384 g/mol. The van der Waals surface area contributed by atoms with Crippen LogP contribution in [0.15, 0.2) is 16.7 Å². The number of carbonyl (C=O) groups excluding carboxylic acids is 2. The molecule has 162 valence electrons. The molecule has 30 heavy (non-hydrogen) atoms. The number of carbonyl (C=O) groups is 2. The minimum Gasteiger partial charge on any atom is -0.360 e. The lowest BCUT2D eigenvalue weighted by Gasteiger charge is -2.30. The van der Waals surface area contributed by atoms with Gasteiger partial charge in [0.25, 0.3) is 0 Å². The van der Waals surface area contributed by atoms with E-state index in [0.29, 0.717) is 24.8 Å². The molecule has 0 radical (unpaired) electrons. The van der Waals surface area contributed by atoms with Gasteiger partial charge in [0.2, 0.25) is 17.7 Å². The molecule has 4 aliphatic rings. The number of ether oxygens (including phenoxy) is 1. The van der Waals surface area contributed by atoms with Crippen LogP contribution in [0.5, 0.6) is 0 Å². The number of fused-ring (bicyclic) bond motifs is 1. The predicted octanol–water partition coefficient (Wildman–Crippen LogP) is 2.23. The second-order valence-corrected chi connectivity index (χ2v) is 9.10. The van der Waals surface area contributed by atoms with Crippen molar-refractivity contribution in [1.82, 2.24) is 19.9 Å². The molecule has 1 spiro atoms. The minimum atomic E-state index is -0.644. The molecule has 4 heterocycles. The van der Waals surface area contributed by atoms with Crippen LogP contribution in [-0.2, 0) is 20.9 Å². The van der Waals surface area contributed by atoms with Crippen LogP contribution in [0.4, 0.5) is 0 Å². The van der Waals surface area contributed by atoms with E-state index in [4.69, 9.17) is 9.26 Å². The SMILES string of the molecule is CCN(Cc1nc(C)no1)C(=O)[C@@H]1[C@@H]2C=C[C@@]3(CN(C4CCCCCC4)C(=O)[C@@H]13)O2. The van der Waals surface area contributed by atoms with E-state index < -0.39 is 17.4 Å². The second-order valence-electron chi connectivity index (χ2n) is 9.10. The number of nitrogens with zero attached hydrogens (tertiary/aromatic N) is 4. The molecule has 1 saturated carbocycles. The van der Waals surface area contributed by atoms with Crippen molar-refractivity contribution in [2.75, 3.05) is 13.1 Å². The molecule has 1 aliphatic carbocycles. The summed E-state index contributed by atoms with van der Waals surface area (Å²) in [5.74, 6) is 0.0740. The van der Waals surface area contributed by atoms with Gasteiger partial charge in [-0.25, -0.2) is 0 Å². The van der Waals surface area contributed by atoms with Gasteiger partial charge in [0.1, 0.15) is 5.60 Å². The number of hydrogen-bond acceptors (Lipinski definition) is 6. The number of aryl methyl sites for hydroxylation is 1. The number of hydrogen-bond donors (Lipinski definition) is 0. The van der Waals surface area contributed by atoms with Crippen LogP contribution in [0.3, 0.4) is 0 Å². The van der Waals surface area contributed by atoms with E-state index in [2.05, 4.69) is 10.1 Å². The van der Waals surface area contributed by atoms with Crippen LogP contribution < -0.4 is 0 Å². The summed E-state index contributed by atoms with van der Waals surface area (Å²) in [7, 11) is 0. The first-order valence-electron chi connectivity index (χ1n) is 11.3. The van der Waals surface area contributed by atoms with Crippen molar-refractivity contribution >= 4 is 11.8 Å². The lowest BCUT2D eigenvalue weighted by molar-refractivity contribution is -0.144. The monoisotopic (exact) mass is 414 g/mol. The van der Waals surface area contributed by atoms with Crippen LogP contribution in [0, 0.1) is 18.8 Å². The Morgan fingerprint density at radius 1 is 1.30 bits per heavy atom. The lowest BCUT2D eigenvalue weighted by Crippen LogP contribution is -2.46. The molecule has 8 nitrogen and oxygen atoms in total. The van der Waals surface area contributed by atoms with Crippen LogP contribution in [0.2, 0.25) is 0 Å². The smallest absolute Gasteiger partial charge is 0.246 e. The zero-order chi connectivity index (χ0) is 20.9. The summed E-state index contributed by atoms with van der Waals surface area (Å²) < 4.78 is 11.5. The molecule has 1 aromatic rings. The molecule has 0 aromatic carbocycles. The fourth-order valence-corrected chi connectivity index (χ4v) is 5.81. The molecular formula is C22H30N4O4. The highest BCUT2D eigenvalue weighted by Crippen LogP contribution is 2.53. The topological polar surface area (TPSA) is 88.8 Å². The Bertz CT molecular complexity index is 859. The summed E-state index contributed by atoms with van der Waals surface area (Å²) in [5.41, 5.74) is -0.644. The highest BCUT2D eigenvalue weighted by Gasteiger charge is 2.67. The number of likely N-dealkylation sites (tertiary alicyclic amines) is 1. The average molecular weight is 415 g/mol. The summed E-state index contributed by atoms with van der Waals surface area (Å²) in [4.78, 5) is 35.1. The molecule has 4 atom stereocenters. The molecule has 8 heteroatoms. The van der Waals surface area contributed by atoms with Crippen molar-refractivity contribution in [2.24, 2.45) is 11.8 Å². The summed E-state index contributed by atoms with van der Waals surface area (Å²) in [6, 6.07) is 0.274. The maximum atomic E-state index is 13.6. The van der Waals surface area contributed by atoms with E-state index in [1.54, 1.807) is 11.8 Å². The molecule has 2 saturated heterocycles. The van der Waals surface area contributed by atoms with Gasteiger partial charge in [-0.15, -0.1) is 0 Å². The Hall–Kier alpha value is -2.22. The Balaban J connectivity index is 1.38. The molecule has 3 aliphatic heterocycles. The first kappa shape index (κ1) is 19.7. The largest absolute Gasteiger partial charge is 0.360 e. The molecule has 5 rings (SSSR count). The third-order valence-corrected chi connectivity index (χ3v) is 7.27. The summed E-state index contributed by atoms with van der Waals surface area (Å²) >= 11 is 0. The lowest BCUT2D eigenvalue weighted by atomic mass is 9.76. The maximum absolute atomic E-state index is 13.6. The van der Waals surface area contributed by atoms with Gasteiger partial charge in [0.15, 0.2) is 5.82 Å². The van der Waals surface area contributed by atoms with Crippen molar-refractivity contribution in [3.8, 4) is 0 Å². The van der Waals surface area contributed by atoms with Gasteiger partial charge in [-0.2, -0.15) is 4.98 Å². The Kier molecular flexibility index (Phi) is 4.92. The van der Waals surface area contributed by atoms with E-state index in [0.717, 1.165) is 12.8 Å². The van der Waals surface area contributed by atoms with Gasteiger partial charge in [-0.05, 0) is 26.7 Å². The van der Waals surface area contributed by atoms with Gasteiger partial charge in [-0.3, -0.25) is 9.59 Å². The van der Waals surface area contributed by atoms with Gasteiger partial charge in [-0.1, -0.05) is 43.0 Å². The number of aromatic nitrogens is 2. The van der Waals surface area contributed by atoms with Crippen molar-refractivity contribution in [1.29, 1.82) is 0 Å². The van der Waals surface area contributed by atoms with Gasteiger partial charge < -0.3 is 19.1 Å². The van der Waals surface area contributed by atoms with Crippen LogP contribution in [-0.4, -0.2) is 62.6 Å². The molecule has 2 bridgehead atoms. The highest BCUT2D eigenvalue weighted by molar-refractivity contribution is 5.93. The normalized spacial score (nSPS) is 33.2. The summed E-state index contributed by atoms with van der Waals surface area (Å²) in [6.07, 6.45) is 10.6. The first-order chi connectivity index (χ1) is 14.5. The molecule has 0 unspecified atom stereocenters. The fraction of sp³-hybridized carbons (Fsp3) is 0.727. The molecule has 3 fully saturated rings. The van der Waals surface area contributed by atoms with Crippen LogP contribution in [0.25, 0.3) is 0 Å². The zero-order valence-corrected chi connectivity index (χ0v) is 17.7. The third-order valence-electron chi connectivity index (χ3n) is 7.27. The molecule has 0 N–H and O–H groups in total. The van der Waals surface area contributed by atoms with E-state index >= 15 is 0 Å². The number of rotatable bonds is 5. The van der Waals surface area contributed by atoms with Crippen LogP contribution >= 0.6 is 0 Å². The van der Waals surface area contributed by atoms with Crippen molar-refractivity contribution < 1.29 is 18.8 Å². The third kappa shape index (κ3) is 3.07. The Labute approximate surface area is 176 Å². The highest BCUT2D eigenvalue weighted by atomic mass is 16.5. The quantitative estimate of drug-likeness (QED) is 0.542. The zero-order valence-electron chi connectivity index (χ0n) is 17.7. The van der Waals surface area contributed by atoms with E-state index in [9.17, 15) is 9.59 Å². The first-order valence-corrected chi connectivity index (χ1v) is 11.3. The Morgan fingerprint density at radius 2 is 2.07 bits per heavy atom. The summed E-state index contributed by atoms with van der Waals surface area (Å²) in [5, 5.41) is 3.81. The molecule has 1 aromatic heterocycles. The van der Waals surface area contributed by atoms with Gasteiger partial charge in [0, 0.05) is 12.6 Å². The van der Waals surface area contributed by atoms with Gasteiger partial charge >= 0.3 is 0 Å². The van der Waals surface area contributed by atoms with Crippen molar-refractivity contribution in [3.05, 3.63) is 23.9 Å². The second kappa shape index (κ2) is 7.48. The predicted molar refractivity (Wildman–Crippen MR) is 107 cm³/mol. The average Bonchev–Trinajstić information content (AvgIpc) is 3.43. The Morgan fingerprint density at radius 3 is 2.73 bits per heavy atom. The molecule has 2 amide bonds. The van der Waals surface area contributed by atoms with E-state index in [-0.39, 0.29) is 30.5 Å². The standard InChI is InChI=1S/C22H30N4O4/c1-3-25(12-17-23-14(2)24-30-17)20(27)18-16-10-11-22(29-16)13-26(21(28)19(18)22)15-8-6-4-5-7-9-15/h10-11,15-16,18-19H,3-9,12-13H2,1-2H3/t16-,18+,19+,22-/m0/s1. The van der Waals surface area contributed by atoms with Gasteiger partial charge in [0.05, 0.1) is 31.0 Å². The van der Waals surface area contributed by atoms with Crippen LogP contribution in [0.1, 0.15) is 57.2 Å². The van der Waals surface area contributed by atoms with Crippen molar-refractivity contribution in [2.45, 2.75) is 76.7 Å². The van der Waals surface area contributed by atoms with E-state index in [1.165, 1.54) is 25.7 Å².